The van der Waals surface area contributed by atoms with Crippen molar-refractivity contribution in [3.8, 4) is 5.75 Å². The minimum absolute atomic E-state index is 0.160. The van der Waals surface area contributed by atoms with E-state index < -0.39 is 0 Å². The van der Waals surface area contributed by atoms with Crippen LogP contribution in [0.3, 0.4) is 0 Å². The number of carbonyl (C=O) groups excluding carboxylic acids is 1. The second-order valence-electron chi connectivity index (χ2n) is 3.50. The van der Waals surface area contributed by atoms with Gasteiger partial charge < -0.3 is 15.3 Å². The van der Waals surface area contributed by atoms with E-state index in [2.05, 4.69) is 5.73 Å². The molecule has 1 saturated carbocycles. The third-order valence-corrected chi connectivity index (χ3v) is 2.68. The Hall–Kier alpha value is -1.35. The quantitative estimate of drug-likeness (QED) is 0.822. The molecule has 1 aromatic rings. The predicted octanol–water partition coefficient (Wildman–Crippen LogP) is 2.53. The van der Waals surface area contributed by atoms with Crippen molar-refractivity contribution in [2.45, 2.75) is 32.1 Å². The van der Waals surface area contributed by atoms with Crippen molar-refractivity contribution in [3.63, 3.8) is 0 Å². The Balaban J connectivity index is 0.000000581. The lowest BCUT2D eigenvalue weighted by Gasteiger charge is -2.07. The maximum atomic E-state index is 10.8. The van der Waals surface area contributed by atoms with Gasteiger partial charge in [0.15, 0.2) is 0 Å². The molecule has 0 spiro atoms. The van der Waals surface area contributed by atoms with Gasteiger partial charge in [-0.2, -0.15) is 0 Å². The van der Waals surface area contributed by atoms with Crippen LogP contribution in [0.15, 0.2) is 24.3 Å². The third kappa shape index (κ3) is 3.86. The Kier molecular flexibility index (Phi) is 7.22. The normalized spacial score (nSPS) is 14.4. The van der Waals surface area contributed by atoms with Crippen molar-refractivity contribution in [2.75, 3.05) is 14.2 Å². The minimum atomic E-state index is -0.160. The Morgan fingerprint density at radius 1 is 1.18 bits per heavy atom. The number of methoxy groups -OCH3 is 1. The number of hydrogen-bond acceptors (Lipinski definition) is 3. The molecular formula is C14H23NO2. The summed E-state index contributed by atoms with van der Waals surface area (Å²) in [5, 5.41) is 0. The lowest BCUT2D eigenvalue weighted by Crippen LogP contribution is -2.07. The highest BCUT2D eigenvalue weighted by Gasteiger charge is 2.44. The Bertz CT molecular complexity index is 315. The fourth-order valence-electron chi connectivity index (χ4n) is 1.53. The van der Waals surface area contributed by atoms with Crippen LogP contribution in [-0.2, 0) is 10.2 Å². The van der Waals surface area contributed by atoms with Crippen LogP contribution in [-0.4, -0.2) is 20.4 Å². The number of carbonyl (C=O) groups is 1. The number of hydrogen-bond donors (Lipinski definition) is 1. The van der Waals surface area contributed by atoms with Gasteiger partial charge in [-0.25, -0.2) is 0 Å². The first kappa shape index (κ1) is 15.7. The molecule has 0 aromatic heterocycles. The van der Waals surface area contributed by atoms with Crippen LogP contribution in [0.2, 0.25) is 0 Å². The second kappa shape index (κ2) is 7.85. The summed E-state index contributed by atoms with van der Waals surface area (Å²) in [5.41, 5.74) is 5.45. The summed E-state index contributed by atoms with van der Waals surface area (Å²) in [6, 6.07) is 7.75. The van der Waals surface area contributed by atoms with Gasteiger partial charge in [0.05, 0.1) is 12.5 Å². The summed E-state index contributed by atoms with van der Waals surface area (Å²) in [5.74, 6) is 0.838. The molecule has 17 heavy (non-hydrogen) atoms. The van der Waals surface area contributed by atoms with Crippen molar-refractivity contribution in [1.82, 2.24) is 0 Å². The molecule has 2 rings (SSSR count). The average molecular weight is 237 g/mol. The molecule has 3 heteroatoms. The van der Waals surface area contributed by atoms with Gasteiger partial charge in [0.2, 0.25) is 0 Å². The molecule has 3 nitrogen and oxygen atoms in total. The Morgan fingerprint density at radius 2 is 1.65 bits per heavy atom. The average Bonchev–Trinajstić information content (AvgIpc) is 3.24. The molecule has 1 fully saturated rings. The second-order valence-corrected chi connectivity index (χ2v) is 3.50. The highest BCUT2D eigenvalue weighted by molar-refractivity contribution is 5.73. The number of benzene rings is 1. The zero-order chi connectivity index (χ0) is 13.3. The van der Waals surface area contributed by atoms with Gasteiger partial charge in [0, 0.05) is 0 Å². The molecule has 1 aliphatic carbocycles. The molecule has 0 heterocycles. The van der Waals surface area contributed by atoms with Crippen LogP contribution in [0.1, 0.15) is 32.3 Å². The highest BCUT2D eigenvalue weighted by Crippen LogP contribution is 2.46. The first-order chi connectivity index (χ1) is 8.30. The van der Waals surface area contributed by atoms with Gasteiger partial charge in [-0.15, -0.1) is 0 Å². The molecule has 1 aliphatic rings. The topological polar surface area (TPSA) is 52.3 Å². The molecule has 0 unspecified atom stereocenters. The lowest BCUT2D eigenvalue weighted by atomic mass is 9.98. The SMILES string of the molecule is CC.CN.COc1ccc(C2(C=O)CC2)cc1. The zero-order valence-corrected chi connectivity index (χ0v) is 11.2. The summed E-state index contributed by atoms with van der Waals surface area (Å²) in [6.45, 7) is 4.00. The van der Waals surface area contributed by atoms with Crippen molar-refractivity contribution >= 4 is 6.29 Å². The molecule has 0 atom stereocenters. The van der Waals surface area contributed by atoms with Crippen LogP contribution >= 0.6 is 0 Å². The van der Waals surface area contributed by atoms with E-state index in [4.69, 9.17) is 4.74 Å². The van der Waals surface area contributed by atoms with Gasteiger partial charge >= 0.3 is 0 Å². The van der Waals surface area contributed by atoms with Crippen molar-refractivity contribution < 1.29 is 9.53 Å². The Labute approximate surface area is 104 Å². The highest BCUT2D eigenvalue weighted by atomic mass is 16.5. The van der Waals surface area contributed by atoms with E-state index in [0.29, 0.717) is 0 Å². The predicted molar refractivity (Wildman–Crippen MR) is 71.4 cm³/mol. The molecule has 0 radical (unpaired) electrons. The van der Waals surface area contributed by atoms with E-state index in [1.807, 2.05) is 38.1 Å². The monoisotopic (exact) mass is 237 g/mol. The van der Waals surface area contributed by atoms with Gasteiger partial charge in [0.1, 0.15) is 12.0 Å². The van der Waals surface area contributed by atoms with Crippen molar-refractivity contribution in [3.05, 3.63) is 29.8 Å². The molecule has 2 N–H and O–H groups in total. The summed E-state index contributed by atoms with van der Waals surface area (Å²) >= 11 is 0. The smallest absolute Gasteiger partial charge is 0.130 e. The number of rotatable bonds is 3. The summed E-state index contributed by atoms with van der Waals surface area (Å²) in [6.07, 6.45) is 3.04. The maximum Gasteiger partial charge on any atom is 0.130 e. The largest absolute Gasteiger partial charge is 0.497 e. The summed E-state index contributed by atoms with van der Waals surface area (Å²) in [7, 11) is 3.14. The van der Waals surface area contributed by atoms with Gasteiger partial charge in [-0.1, -0.05) is 26.0 Å². The minimum Gasteiger partial charge on any atom is -0.497 e. The number of aldehydes is 1. The number of ether oxygens (including phenoxy) is 1. The van der Waals surface area contributed by atoms with Crippen molar-refractivity contribution in [1.29, 1.82) is 0 Å². The molecule has 1 aromatic carbocycles. The fraction of sp³-hybridized carbons (Fsp3) is 0.500. The first-order valence-electron chi connectivity index (χ1n) is 5.99. The summed E-state index contributed by atoms with van der Waals surface area (Å²) in [4.78, 5) is 10.8. The van der Waals surface area contributed by atoms with Crippen LogP contribution in [0.5, 0.6) is 5.75 Å². The van der Waals surface area contributed by atoms with Gasteiger partial charge in [0.25, 0.3) is 0 Å². The van der Waals surface area contributed by atoms with E-state index in [1.165, 1.54) is 7.05 Å². The van der Waals surface area contributed by atoms with E-state index in [9.17, 15) is 4.79 Å². The number of nitrogens with two attached hydrogens (primary N) is 1. The van der Waals surface area contributed by atoms with Crippen LogP contribution in [0, 0.1) is 0 Å². The summed E-state index contributed by atoms with van der Waals surface area (Å²) < 4.78 is 5.05. The molecule has 96 valence electrons. The van der Waals surface area contributed by atoms with E-state index >= 15 is 0 Å². The first-order valence-corrected chi connectivity index (χ1v) is 5.99. The van der Waals surface area contributed by atoms with Crippen molar-refractivity contribution in [2.24, 2.45) is 5.73 Å². The molecule has 0 amide bonds. The Morgan fingerprint density at radius 3 is 1.94 bits per heavy atom. The third-order valence-electron chi connectivity index (χ3n) is 2.68. The molecule has 0 bridgehead atoms. The van der Waals surface area contributed by atoms with Crippen LogP contribution in [0.4, 0.5) is 0 Å². The fourth-order valence-corrected chi connectivity index (χ4v) is 1.53. The molecule has 0 aliphatic heterocycles. The zero-order valence-electron chi connectivity index (χ0n) is 11.2. The molecule has 0 saturated heterocycles. The van der Waals surface area contributed by atoms with E-state index in [-0.39, 0.29) is 5.41 Å². The molecular weight excluding hydrogens is 214 g/mol. The van der Waals surface area contributed by atoms with Gasteiger partial charge in [-0.05, 0) is 37.6 Å². The van der Waals surface area contributed by atoms with Crippen LogP contribution < -0.4 is 10.5 Å². The standard InChI is InChI=1S/C11H12O2.C2H6.CH5N/c1-13-10-4-2-9(3-5-10)11(8-12)6-7-11;2*1-2/h2-5,8H,6-7H2,1H3;1-2H3;2H2,1H3. The van der Waals surface area contributed by atoms with E-state index in [0.717, 1.165) is 30.4 Å². The van der Waals surface area contributed by atoms with Gasteiger partial charge in [-0.3, -0.25) is 0 Å². The maximum absolute atomic E-state index is 10.8. The van der Waals surface area contributed by atoms with Crippen LogP contribution in [0.25, 0.3) is 0 Å². The van der Waals surface area contributed by atoms with E-state index in [1.54, 1.807) is 7.11 Å². The lowest BCUT2D eigenvalue weighted by molar-refractivity contribution is -0.109.